The van der Waals surface area contributed by atoms with Crippen molar-refractivity contribution in [3.63, 3.8) is 0 Å². The molecule has 0 aliphatic rings. The summed E-state index contributed by atoms with van der Waals surface area (Å²) in [6.07, 6.45) is 0. The van der Waals surface area contributed by atoms with E-state index in [4.69, 9.17) is 10.8 Å². The molecule has 0 aromatic heterocycles. The van der Waals surface area contributed by atoms with Gasteiger partial charge in [-0.1, -0.05) is 0 Å². The summed E-state index contributed by atoms with van der Waals surface area (Å²) >= 11 is 0. The maximum Gasteiger partial charge on any atom is 0.253 e. The van der Waals surface area contributed by atoms with Crippen LogP contribution in [0.25, 0.3) is 0 Å². The molecule has 1 amide bonds. The molecule has 0 saturated carbocycles. The number of nitrogens with two attached hydrogens (primary N) is 1. The van der Waals surface area contributed by atoms with E-state index in [1.54, 1.807) is 0 Å². The number of hydrogen-bond donors (Lipinski definition) is 3. The average Bonchev–Trinajstić information content (AvgIpc) is 2.20. The van der Waals surface area contributed by atoms with Gasteiger partial charge in [-0.05, 0) is 6.07 Å². The van der Waals surface area contributed by atoms with E-state index in [-0.39, 0.29) is 24.4 Å². The first-order valence-electron chi connectivity index (χ1n) is 4.20. The molecular weight excluding hydrogens is 206 g/mol. The van der Waals surface area contributed by atoms with Crippen molar-refractivity contribution in [1.82, 2.24) is 5.32 Å². The monoisotopic (exact) mass is 216 g/mol. The zero-order valence-corrected chi connectivity index (χ0v) is 7.76. The van der Waals surface area contributed by atoms with Crippen LogP contribution in [0.4, 0.5) is 14.5 Å². The Morgan fingerprint density at radius 3 is 2.60 bits per heavy atom. The van der Waals surface area contributed by atoms with Gasteiger partial charge in [0, 0.05) is 18.3 Å². The maximum atomic E-state index is 12.8. The summed E-state index contributed by atoms with van der Waals surface area (Å²) in [6, 6.07) is 1.46. The predicted molar refractivity (Wildman–Crippen MR) is 50.2 cm³/mol. The van der Waals surface area contributed by atoms with Crippen molar-refractivity contribution >= 4 is 11.6 Å². The number of aliphatic hydroxyl groups is 1. The molecule has 0 aliphatic carbocycles. The Kier molecular flexibility index (Phi) is 3.56. The van der Waals surface area contributed by atoms with Crippen LogP contribution < -0.4 is 11.1 Å². The zero-order valence-electron chi connectivity index (χ0n) is 7.76. The third-order valence-corrected chi connectivity index (χ3v) is 1.73. The summed E-state index contributed by atoms with van der Waals surface area (Å²) < 4.78 is 25.4. The lowest BCUT2D eigenvalue weighted by Crippen LogP contribution is -2.27. The Bertz CT molecular complexity index is 383. The van der Waals surface area contributed by atoms with Gasteiger partial charge in [0.15, 0.2) is 11.6 Å². The second-order valence-corrected chi connectivity index (χ2v) is 2.83. The van der Waals surface area contributed by atoms with Crippen LogP contribution in [0.1, 0.15) is 10.4 Å². The first-order chi connectivity index (χ1) is 7.06. The second kappa shape index (κ2) is 4.70. The fourth-order valence-electron chi connectivity index (χ4n) is 1.02. The molecule has 0 bridgehead atoms. The lowest BCUT2D eigenvalue weighted by Gasteiger charge is -2.06. The highest BCUT2D eigenvalue weighted by Crippen LogP contribution is 2.16. The number of carbonyl (C=O) groups is 1. The number of aliphatic hydroxyl groups excluding tert-OH is 1. The summed E-state index contributed by atoms with van der Waals surface area (Å²) in [6.45, 7) is -0.216. The third kappa shape index (κ3) is 2.63. The summed E-state index contributed by atoms with van der Waals surface area (Å²) in [7, 11) is 0. The Morgan fingerprint density at radius 1 is 1.40 bits per heavy atom. The largest absolute Gasteiger partial charge is 0.398 e. The van der Waals surface area contributed by atoms with Crippen LogP contribution in [-0.4, -0.2) is 24.2 Å². The number of amides is 1. The SMILES string of the molecule is Nc1cc(F)c(F)cc1C(=O)NCCO. The van der Waals surface area contributed by atoms with Crippen molar-refractivity contribution in [2.45, 2.75) is 0 Å². The van der Waals surface area contributed by atoms with Crippen molar-refractivity contribution in [3.05, 3.63) is 29.3 Å². The molecule has 0 radical (unpaired) electrons. The first kappa shape index (κ1) is 11.4. The Balaban J connectivity index is 2.94. The van der Waals surface area contributed by atoms with Gasteiger partial charge >= 0.3 is 0 Å². The number of carbonyl (C=O) groups excluding carboxylic acids is 1. The number of benzene rings is 1. The summed E-state index contributed by atoms with van der Waals surface area (Å²) in [5, 5.41) is 10.7. The highest BCUT2D eigenvalue weighted by molar-refractivity contribution is 5.99. The number of halogens is 2. The van der Waals surface area contributed by atoms with E-state index in [0.29, 0.717) is 0 Å². The topological polar surface area (TPSA) is 75.4 Å². The summed E-state index contributed by atoms with van der Waals surface area (Å²) in [5.74, 6) is -2.90. The van der Waals surface area contributed by atoms with Crippen molar-refractivity contribution in [1.29, 1.82) is 0 Å². The van der Waals surface area contributed by atoms with E-state index in [2.05, 4.69) is 5.32 Å². The van der Waals surface area contributed by atoms with E-state index in [0.717, 1.165) is 12.1 Å². The van der Waals surface area contributed by atoms with Crippen LogP contribution in [0.5, 0.6) is 0 Å². The molecule has 4 N–H and O–H groups in total. The van der Waals surface area contributed by atoms with Crippen molar-refractivity contribution in [2.24, 2.45) is 0 Å². The van der Waals surface area contributed by atoms with Gasteiger partial charge in [-0.3, -0.25) is 4.79 Å². The van der Waals surface area contributed by atoms with Gasteiger partial charge in [-0.25, -0.2) is 8.78 Å². The van der Waals surface area contributed by atoms with Gasteiger partial charge in [-0.2, -0.15) is 0 Å². The molecule has 6 heteroatoms. The molecule has 1 aromatic carbocycles. The minimum atomic E-state index is -1.14. The molecule has 1 aromatic rings. The normalized spacial score (nSPS) is 10.1. The lowest BCUT2D eigenvalue weighted by atomic mass is 10.1. The Labute approximate surface area is 84.7 Å². The molecule has 15 heavy (non-hydrogen) atoms. The third-order valence-electron chi connectivity index (χ3n) is 1.73. The van der Waals surface area contributed by atoms with Crippen LogP contribution in [-0.2, 0) is 0 Å². The Hall–Kier alpha value is -1.69. The molecule has 0 heterocycles. The predicted octanol–water partition coefficient (Wildman–Crippen LogP) is 0.269. The molecule has 4 nitrogen and oxygen atoms in total. The second-order valence-electron chi connectivity index (χ2n) is 2.83. The number of rotatable bonds is 3. The minimum Gasteiger partial charge on any atom is -0.398 e. The fraction of sp³-hybridized carbons (Fsp3) is 0.222. The quantitative estimate of drug-likeness (QED) is 0.635. The van der Waals surface area contributed by atoms with Gasteiger partial charge in [0.25, 0.3) is 5.91 Å². The fourth-order valence-corrected chi connectivity index (χ4v) is 1.02. The molecule has 0 aliphatic heterocycles. The highest BCUT2D eigenvalue weighted by atomic mass is 19.2. The van der Waals surface area contributed by atoms with Crippen LogP contribution in [0.3, 0.4) is 0 Å². The maximum absolute atomic E-state index is 12.8. The van der Waals surface area contributed by atoms with Gasteiger partial charge in [0.05, 0.1) is 12.2 Å². The molecule has 0 atom stereocenters. The summed E-state index contributed by atoms with van der Waals surface area (Å²) in [5.41, 5.74) is 5.03. The van der Waals surface area contributed by atoms with E-state index in [9.17, 15) is 13.6 Å². The molecule has 0 fully saturated rings. The molecule has 0 unspecified atom stereocenters. The molecular formula is C9H10F2N2O2. The van der Waals surface area contributed by atoms with Crippen LogP contribution >= 0.6 is 0 Å². The number of nitrogen functional groups attached to an aromatic ring is 1. The van der Waals surface area contributed by atoms with Crippen molar-refractivity contribution in [3.8, 4) is 0 Å². The van der Waals surface area contributed by atoms with E-state index >= 15 is 0 Å². The van der Waals surface area contributed by atoms with E-state index < -0.39 is 17.5 Å². The van der Waals surface area contributed by atoms with Gasteiger partial charge < -0.3 is 16.2 Å². The Morgan fingerprint density at radius 2 is 2.00 bits per heavy atom. The van der Waals surface area contributed by atoms with Gasteiger partial charge in [0.2, 0.25) is 0 Å². The molecule has 0 saturated heterocycles. The average molecular weight is 216 g/mol. The number of nitrogens with one attached hydrogen (secondary N) is 1. The van der Waals surface area contributed by atoms with Crippen molar-refractivity contribution in [2.75, 3.05) is 18.9 Å². The lowest BCUT2D eigenvalue weighted by molar-refractivity contribution is 0.0945. The van der Waals surface area contributed by atoms with Crippen LogP contribution in [0.15, 0.2) is 12.1 Å². The minimum absolute atomic E-state index is 0.0251. The van der Waals surface area contributed by atoms with Crippen molar-refractivity contribution < 1.29 is 18.7 Å². The highest BCUT2D eigenvalue weighted by Gasteiger charge is 2.13. The van der Waals surface area contributed by atoms with Crippen LogP contribution in [0.2, 0.25) is 0 Å². The van der Waals surface area contributed by atoms with E-state index in [1.165, 1.54) is 0 Å². The molecule has 82 valence electrons. The zero-order chi connectivity index (χ0) is 11.4. The first-order valence-corrected chi connectivity index (χ1v) is 4.20. The van der Waals surface area contributed by atoms with E-state index in [1.807, 2.05) is 0 Å². The number of hydrogen-bond acceptors (Lipinski definition) is 3. The van der Waals surface area contributed by atoms with Gasteiger partial charge in [-0.15, -0.1) is 0 Å². The standard InChI is InChI=1S/C9H10F2N2O2/c10-6-3-5(8(12)4-7(6)11)9(15)13-1-2-14/h3-4,14H,1-2,12H2,(H,13,15). The molecule has 0 spiro atoms. The summed E-state index contributed by atoms with van der Waals surface area (Å²) in [4.78, 5) is 11.3. The number of anilines is 1. The van der Waals surface area contributed by atoms with Crippen LogP contribution in [0, 0.1) is 11.6 Å². The van der Waals surface area contributed by atoms with Gasteiger partial charge in [0.1, 0.15) is 0 Å². The smallest absolute Gasteiger partial charge is 0.253 e. The molecule has 1 rings (SSSR count).